The lowest BCUT2D eigenvalue weighted by Crippen LogP contribution is -2.26. The summed E-state index contributed by atoms with van der Waals surface area (Å²) < 4.78 is 0. The maximum absolute atomic E-state index is 10.9. The molecule has 4 atom stereocenters. The van der Waals surface area contributed by atoms with Crippen molar-refractivity contribution in [2.45, 2.75) is 64.5 Å². The Morgan fingerprint density at radius 1 is 1.38 bits per heavy atom. The smallest absolute Gasteiger partial charge is 0.131 e. The average molecular weight is 227 g/mol. The van der Waals surface area contributed by atoms with Crippen LogP contribution in [0.3, 0.4) is 0 Å². The van der Waals surface area contributed by atoms with Gasteiger partial charge in [-0.2, -0.15) is 0 Å². The molecule has 1 aliphatic carbocycles. The van der Waals surface area contributed by atoms with Crippen molar-refractivity contribution in [1.82, 2.24) is 0 Å². The van der Waals surface area contributed by atoms with Crippen LogP contribution in [-0.2, 0) is 4.79 Å². The molecular weight excluding hydrogens is 202 g/mol. The van der Waals surface area contributed by atoms with Gasteiger partial charge in [-0.25, -0.2) is 0 Å². The average Bonchev–Trinajstić information content (AvgIpc) is 2.32. The molecule has 0 bridgehead atoms. The zero-order valence-corrected chi connectivity index (χ0v) is 10.5. The first-order valence-electron chi connectivity index (χ1n) is 6.42. The molecule has 94 valence electrons. The predicted octanol–water partition coefficient (Wildman–Crippen LogP) is 1.87. The van der Waals surface area contributed by atoms with Gasteiger partial charge in [-0.1, -0.05) is 13.3 Å². The van der Waals surface area contributed by atoms with E-state index in [0.29, 0.717) is 18.3 Å². The van der Waals surface area contributed by atoms with Crippen LogP contribution in [0.4, 0.5) is 0 Å². The third-order valence-corrected chi connectivity index (χ3v) is 3.74. The number of Topliss-reactive ketones (excluding diaryl/α,β-unsaturated/α-hetero) is 1. The Bertz CT molecular complexity index is 218. The first kappa shape index (κ1) is 13.7. The molecule has 3 heteroatoms. The molecule has 3 nitrogen and oxygen atoms in total. The number of hydrogen-bond donors (Lipinski definition) is 2. The van der Waals surface area contributed by atoms with Crippen LogP contribution >= 0.6 is 0 Å². The summed E-state index contributed by atoms with van der Waals surface area (Å²) >= 11 is 0. The van der Waals surface area contributed by atoms with Crippen molar-refractivity contribution in [2.24, 2.45) is 17.6 Å². The van der Waals surface area contributed by atoms with E-state index >= 15 is 0 Å². The Kier molecular flexibility index (Phi) is 5.42. The minimum atomic E-state index is -0.144. The third kappa shape index (κ3) is 4.62. The van der Waals surface area contributed by atoms with Gasteiger partial charge in [0.15, 0.2) is 0 Å². The Balaban J connectivity index is 2.34. The van der Waals surface area contributed by atoms with Gasteiger partial charge in [-0.15, -0.1) is 0 Å². The number of aliphatic hydroxyl groups is 1. The first-order chi connectivity index (χ1) is 7.49. The number of nitrogens with two attached hydrogens (primary N) is 1. The second-order valence-electron chi connectivity index (χ2n) is 5.47. The second-order valence-corrected chi connectivity index (χ2v) is 5.47. The number of carbonyl (C=O) groups is 1. The van der Waals surface area contributed by atoms with Crippen molar-refractivity contribution >= 4 is 5.78 Å². The van der Waals surface area contributed by atoms with Crippen LogP contribution in [-0.4, -0.2) is 23.0 Å². The minimum absolute atomic E-state index is 0.00745. The predicted molar refractivity (Wildman–Crippen MR) is 65.0 cm³/mol. The number of aliphatic hydroxyl groups excluding tert-OH is 1. The van der Waals surface area contributed by atoms with Gasteiger partial charge >= 0.3 is 0 Å². The van der Waals surface area contributed by atoms with E-state index in [-0.39, 0.29) is 17.9 Å². The van der Waals surface area contributed by atoms with Gasteiger partial charge in [0.05, 0.1) is 6.10 Å². The van der Waals surface area contributed by atoms with Crippen LogP contribution in [0.1, 0.15) is 52.4 Å². The molecule has 0 aromatic rings. The maximum Gasteiger partial charge on any atom is 0.131 e. The molecule has 16 heavy (non-hydrogen) atoms. The van der Waals surface area contributed by atoms with Crippen LogP contribution in [0.15, 0.2) is 0 Å². The number of ketones is 1. The van der Waals surface area contributed by atoms with Gasteiger partial charge in [0.2, 0.25) is 0 Å². The van der Waals surface area contributed by atoms with E-state index in [4.69, 9.17) is 5.73 Å². The van der Waals surface area contributed by atoms with E-state index < -0.39 is 0 Å². The fourth-order valence-corrected chi connectivity index (χ4v) is 2.64. The summed E-state index contributed by atoms with van der Waals surface area (Å²) in [4.78, 5) is 10.9. The fraction of sp³-hybridized carbons (Fsp3) is 0.923. The van der Waals surface area contributed by atoms with E-state index in [1.807, 2.05) is 0 Å². The molecule has 0 heterocycles. The van der Waals surface area contributed by atoms with Crippen molar-refractivity contribution in [1.29, 1.82) is 0 Å². The molecule has 0 aromatic carbocycles. The summed E-state index contributed by atoms with van der Waals surface area (Å²) in [6.45, 7) is 3.71. The summed E-state index contributed by atoms with van der Waals surface area (Å²) in [6.07, 6.45) is 5.44. The zero-order valence-electron chi connectivity index (χ0n) is 10.5. The Morgan fingerprint density at radius 2 is 2.00 bits per heavy atom. The largest absolute Gasteiger partial charge is 0.393 e. The van der Waals surface area contributed by atoms with Gasteiger partial charge in [0, 0.05) is 12.5 Å². The normalized spacial score (nSPS) is 33.1. The summed E-state index contributed by atoms with van der Waals surface area (Å²) in [5, 5.41) is 9.77. The molecule has 1 aliphatic rings. The van der Waals surface area contributed by atoms with Crippen molar-refractivity contribution in [3.05, 3.63) is 0 Å². The summed E-state index contributed by atoms with van der Waals surface area (Å²) in [5.41, 5.74) is 5.94. The molecule has 0 aromatic heterocycles. The lowest BCUT2D eigenvalue weighted by atomic mass is 9.91. The Hall–Kier alpha value is -0.410. The monoisotopic (exact) mass is 227 g/mol. The van der Waals surface area contributed by atoms with Crippen LogP contribution in [0, 0.1) is 11.8 Å². The number of carbonyl (C=O) groups excluding carboxylic acids is 1. The van der Waals surface area contributed by atoms with Crippen molar-refractivity contribution < 1.29 is 9.90 Å². The molecule has 0 saturated heterocycles. The van der Waals surface area contributed by atoms with Crippen LogP contribution in [0.5, 0.6) is 0 Å². The van der Waals surface area contributed by atoms with Crippen molar-refractivity contribution in [3.8, 4) is 0 Å². The molecule has 0 radical (unpaired) electrons. The minimum Gasteiger partial charge on any atom is -0.393 e. The van der Waals surface area contributed by atoms with E-state index in [1.54, 1.807) is 6.92 Å². The highest BCUT2D eigenvalue weighted by Gasteiger charge is 2.24. The highest BCUT2D eigenvalue weighted by molar-refractivity contribution is 5.76. The molecule has 1 fully saturated rings. The van der Waals surface area contributed by atoms with Gasteiger partial charge in [0.1, 0.15) is 5.78 Å². The van der Waals surface area contributed by atoms with Gasteiger partial charge in [-0.05, 0) is 44.4 Å². The van der Waals surface area contributed by atoms with Crippen LogP contribution < -0.4 is 5.73 Å². The first-order valence-corrected chi connectivity index (χ1v) is 6.42. The maximum atomic E-state index is 10.9. The quantitative estimate of drug-likeness (QED) is 0.721. The van der Waals surface area contributed by atoms with Gasteiger partial charge < -0.3 is 10.8 Å². The van der Waals surface area contributed by atoms with E-state index in [0.717, 1.165) is 32.1 Å². The standard InChI is InChI=1S/C13H25NO2/c1-9-3-4-11(5-6-13(9)16)8-12(14)7-10(2)15/h9,11-13,16H,3-8,14H2,1-2H3/t9?,11?,12-,13?/m1/s1. The van der Waals surface area contributed by atoms with Crippen molar-refractivity contribution in [2.75, 3.05) is 0 Å². The highest BCUT2D eigenvalue weighted by atomic mass is 16.3. The zero-order chi connectivity index (χ0) is 12.1. The Labute approximate surface area is 98.4 Å². The van der Waals surface area contributed by atoms with E-state index in [9.17, 15) is 9.90 Å². The van der Waals surface area contributed by atoms with Crippen molar-refractivity contribution in [3.63, 3.8) is 0 Å². The fourth-order valence-electron chi connectivity index (χ4n) is 2.64. The lowest BCUT2D eigenvalue weighted by molar-refractivity contribution is -0.117. The molecule has 1 saturated carbocycles. The summed E-state index contributed by atoms with van der Waals surface area (Å²) in [7, 11) is 0. The van der Waals surface area contributed by atoms with Crippen LogP contribution in [0.25, 0.3) is 0 Å². The third-order valence-electron chi connectivity index (χ3n) is 3.74. The highest BCUT2D eigenvalue weighted by Crippen LogP contribution is 2.30. The molecule has 3 unspecified atom stereocenters. The lowest BCUT2D eigenvalue weighted by Gasteiger charge is -2.18. The molecular formula is C13H25NO2. The van der Waals surface area contributed by atoms with E-state index in [1.165, 1.54) is 0 Å². The number of rotatable bonds is 4. The topological polar surface area (TPSA) is 63.3 Å². The van der Waals surface area contributed by atoms with Crippen LogP contribution in [0.2, 0.25) is 0 Å². The van der Waals surface area contributed by atoms with E-state index in [2.05, 4.69) is 6.92 Å². The molecule has 1 rings (SSSR count). The molecule has 0 spiro atoms. The molecule has 3 N–H and O–H groups in total. The molecule has 0 aliphatic heterocycles. The summed E-state index contributed by atoms with van der Waals surface area (Å²) in [5.74, 6) is 1.18. The SMILES string of the molecule is CC(=O)C[C@@H](N)CC1CCC(C)C(O)CC1. The number of hydrogen-bond acceptors (Lipinski definition) is 3. The van der Waals surface area contributed by atoms with Gasteiger partial charge in [-0.3, -0.25) is 4.79 Å². The second kappa shape index (κ2) is 6.36. The molecule has 0 amide bonds. The summed E-state index contributed by atoms with van der Waals surface area (Å²) in [6, 6.07) is 0.00745. The van der Waals surface area contributed by atoms with Gasteiger partial charge in [0.25, 0.3) is 0 Å². The Morgan fingerprint density at radius 3 is 2.62 bits per heavy atom.